The normalized spacial score (nSPS) is 10.7. The van der Waals surface area contributed by atoms with Crippen LogP contribution in [0.15, 0.2) is 18.2 Å². The van der Waals surface area contributed by atoms with Crippen molar-refractivity contribution in [1.82, 2.24) is 0 Å². The molecule has 0 aliphatic carbocycles. The van der Waals surface area contributed by atoms with Gasteiger partial charge in [-0.05, 0) is 18.2 Å². The van der Waals surface area contributed by atoms with E-state index in [-0.39, 0.29) is 17.7 Å². The fraction of sp³-hybridized carbons (Fsp3) is 0.300. The molecule has 0 unspecified atom stereocenters. The molecule has 0 saturated heterocycles. The quantitative estimate of drug-likeness (QED) is 0.803. The van der Waals surface area contributed by atoms with E-state index in [9.17, 15) is 13.2 Å². The van der Waals surface area contributed by atoms with E-state index in [4.69, 9.17) is 10.00 Å². The minimum Gasteiger partial charge on any atom is -0.497 e. The van der Waals surface area contributed by atoms with Crippen molar-refractivity contribution in [2.24, 2.45) is 0 Å². The summed E-state index contributed by atoms with van der Waals surface area (Å²) in [6.07, 6.45) is -4.94. The number of nitriles is 1. The van der Waals surface area contributed by atoms with Crippen LogP contribution in [0.3, 0.4) is 0 Å². The predicted molar refractivity (Wildman–Crippen MR) is 49.0 cm³/mol. The molecule has 0 N–H and O–H groups in total. The molecule has 1 aromatic rings. The summed E-state index contributed by atoms with van der Waals surface area (Å²) >= 11 is 0. The Morgan fingerprint density at radius 1 is 1.38 bits per heavy atom. The van der Waals surface area contributed by atoms with Crippen molar-refractivity contribution in [3.05, 3.63) is 23.8 Å². The van der Waals surface area contributed by atoms with E-state index in [1.54, 1.807) is 6.07 Å². The number of rotatable bonds is 3. The molecule has 3 nitrogen and oxygen atoms in total. The molecule has 0 bridgehead atoms. The number of halogens is 3. The average Bonchev–Trinajstić information content (AvgIpc) is 2.19. The maximum absolute atomic E-state index is 12.0. The first-order valence-electron chi connectivity index (χ1n) is 4.26. The number of alkyl halides is 3. The van der Waals surface area contributed by atoms with E-state index in [1.165, 1.54) is 19.2 Å². The molecule has 0 aliphatic rings. The Kier molecular flexibility index (Phi) is 3.61. The summed E-state index contributed by atoms with van der Waals surface area (Å²) in [5.74, 6) is -0.00498. The van der Waals surface area contributed by atoms with Gasteiger partial charge in [0.05, 0.1) is 19.6 Å². The van der Waals surface area contributed by atoms with Crippen LogP contribution in [0.5, 0.6) is 11.5 Å². The second-order valence-electron chi connectivity index (χ2n) is 2.86. The SMILES string of the molecule is COc1ccc(OC(F)(F)F)c(CC#N)c1. The lowest BCUT2D eigenvalue weighted by Crippen LogP contribution is -2.18. The topological polar surface area (TPSA) is 42.2 Å². The second-order valence-corrected chi connectivity index (χ2v) is 2.86. The Hall–Kier alpha value is -1.90. The van der Waals surface area contributed by atoms with Crippen molar-refractivity contribution < 1.29 is 22.6 Å². The van der Waals surface area contributed by atoms with Gasteiger partial charge in [0.15, 0.2) is 0 Å². The van der Waals surface area contributed by atoms with Crippen LogP contribution in [0.2, 0.25) is 0 Å². The lowest BCUT2D eigenvalue weighted by molar-refractivity contribution is -0.274. The Balaban J connectivity index is 3.04. The van der Waals surface area contributed by atoms with Gasteiger partial charge in [0.25, 0.3) is 0 Å². The zero-order valence-corrected chi connectivity index (χ0v) is 8.34. The van der Waals surface area contributed by atoms with E-state index in [0.717, 1.165) is 6.07 Å². The third-order valence-electron chi connectivity index (χ3n) is 1.76. The van der Waals surface area contributed by atoms with Crippen molar-refractivity contribution in [2.75, 3.05) is 7.11 Å². The van der Waals surface area contributed by atoms with Gasteiger partial charge in [-0.2, -0.15) is 5.26 Å². The standard InChI is InChI=1S/C10H8F3NO2/c1-15-8-2-3-9(16-10(11,12)13)7(6-8)4-5-14/h2-3,6H,4H2,1H3. The van der Waals surface area contributed by atoms with Gasteiger partial charge in [0.2, 0.25) is 0 Å². The molecule has 6 heteroatoms. The molecular weight excluding hydrogens is 223 g/mol. The molecule has 0 saturated carbocycles. The smallest absolute Gasteiger partial charge is 0.497 e. The van der Waals surface area contributed by atoms with Crippen molar-refractivity contribution in [3.8, 4) is 17.6 Å². The van der Waals surface area contributed by atoms with Crippen molar-refractivity contribution >= 4 is 0 Å². The van der Waals surface area contributed by atoms with E-state index in [1.807, 2.05) is 0 Å². The van der Waals surface area contributed by atoms with Crippen molar-refractivity contribution in [3.63, 3.8) is 0 Å². The fourth-order valence-electron chi connectivity index (χ4n) is 1.13. The van der Waals surface area contributed by atoms with Gasteiger partial charge < -0.3 is 9.47 Å². The highest BCUT2D eigenvalue weighted by Crippen LogP contribution is 2.29. The Bertz CT molecular complexity index is 410. The molecular formula is C10H8F3NO2. The molecule has 16 heavy (non-hydrogen) atoms. The number of nitrogens with zero attached hydrogens (tertiary/aromatic N) is 1. The summed E-state index contributed by atoms with van der Waals surface area (Å²) in [4.78, 5) is 0. The average molecular weight is 231 g/mol. The Labute approximate surface area is 90.0 Å². The molecule has 0 amide bonds. The number of hydrogen-bond donors (Lipinski definition) is 0. The van der Waals surface area contributed by atoms with Crippen LogP contribution in [-0.4, -0.2) is 13.5 Å². The zero-order valence-electron chi connectivity index (χ0n) is 8.34. The number of methoxy groups -OCH3 is 1. The Morgan fingerprint density at radius 3 is 2.56 bits per heavy atom. The highest BCUT2D eigenvalue weighted by molar-refractivity contribution is 5.41. The van der Waals surface area contributed by atoms with Crippen LogP contribution in [-0.2, 0) is 6.42 Å². The largest absolute Gasteiger partial charge is 0.573 e. The number of benzene rings is 1. The van der Waals surface area contributed by atoms with Crippen LogP contribution in [0.25, 0.3) is 0 Å². The zero-order chi connectivity index (χ0) is 12.2. The second kappa shape index (κ2) is 4.75. The molecule has 0 aromatic heterocycles. The summed E-state index contributed by atoms with van der Waals surface area (Å²) in [6.45, 7) is 0. The third kappa shape index (κ3) is 3.35. The van der Waals surface area contributed by atoms with Crippen LogP contribution in [0.1, 0.15) is 5.56 Å². The van der Waals surface area contributed by atoms with E-state index in [0.29, 0.717) is 5.75 Å². The first-order valence-corrected chi connectivity index (χ1v) is 4.26. The van der Waals surface area contributed by atoms with Gasteiger partial charge in [-0.25, -0.2) is 0 Å². The van der Waals surface area contributed by atoms with Crippen molar-refractivity contribution in [1.29, 1.82) is 5.26 Å². The Morgan fingerprint density at radius 2 is 2.06 bits per heavy atom. The van der Waals surface area contributed by atoms with Crippen LogP contribution in [0, 0.1) is 11.3 Å². The van der Waals surface area contributed by atoms with Crippen LogP contribution in [0.4, 0.5) is 13.2 Å². The van der Waals surface area contributed by atoms with E-state index < -0.39 is 6.36 Å². The molecule has 1 rings (SSSR count). The van der Waals surface area contributed by atoms with Crippen LogP contribution < -0.4 is 9.47 Å². The fourth-order valence-corrected chi connectivity index (χ4v) is 1.13. The minimum atomic E-state index is -4.77. The molecule has 0 radical (unpaired) electrons. The van der Waals surface area contributed by atoms with Crippen molar-refractivity contribution in [2.45, 2.75) is 12.8 Å². The first-order chi connectivity index (χ1) is 7.46. The monoisotopic (exact) mass is 231 g/mol. The lowest BCUT2D eigenvalue weighted by atomic mass is 10.1. The molecule has 0 spiro atoms. The van der Waals surface area contributed by atoms with Gasteiger partial charge >= 0.3 is 6.36 Å². The van der Waals surface area contributed by atoms with Gasteiger partial charge in [0, 0.05) is 5.56 Å². The third-order valence-corrected chi connectivity index (χ3v) is 1.76. The van der Waals surface area contributed by atoms with E-state index in [2.05, 4.69) is 4.74 Å². The lowest BCUT2D eigenvalue weighted by Gasteiger charge is -2.12. The number of ether oxygens (including phenoxy) is 2. The summed E-state index contributed by atoms with van der Waals surface area (Å²) in [7, 11) is 1.38. The van der Waals surface area contributed by atoms with Gasteiger partial charge in [-0.3, -0.25) is 0 Å². The summed E-state index contributed by atoms with van der Waals surface area (Å²) in [5, 5.41) is 8.48. The molecule has 0 fully saturated rings. The summed E-state index contributed by atoms with van der Waals surface area (Å²) in [5.41, 5.74) is 0.138. The number of hydrogen-bond acceptors (Lipinski definition) is 3. The maximum Gasteiger partial charge on any atom is 0.573 e. The highest BCUT2D eigenvalue weighted by atomic mass is 19.4. The first kappa shape index (κ1) is 12.2. The minimum absolute atomic E-state index is 0.138. The molecule has 0 heterocycles. The molecule has 86 valence electrons. The van der Waals surface area contributed by atoms with Gasteiger partial charge in [-0.15, -0.1) is 13.2 Å². The van der Waals surface area contributed by atoms with Gasteiger partial charge in [0.1, 0.15) is 11.5 Å². The molecule has 0 atom stereocenters. The summed E-state index contributed by atoms with van der Waals surface area (Å²) < 4.78 is 44.6. The maximum atomic E-state index is 12.0. The highest BCUT2D eigenvalue weighted by Gasteiger charge is 2.32. The molecule has 1 aromatic carbocycles. The predicted octanol–water partition coefficient (Wildman–Crippen LogP) is 2.66. The van der Waals surface area contributed by atoms with E-state index >= 15 is 0 Å². The molecule has 0 aliphatic heterocycles. The summed E-state index contributed by atoms with van der Waals surface area (Å²) in [6, 6.07) is 5.56. The van der Waals surface area contributed by atoms with Crippen LogP contribution >= 0.6 is 0 Å². The van der Waals surface area contributed by atoms with Gasteiger partial charge in [-0.1, -0.05) is 0 Å².